The maximum Gasteiger partial charge on any atom is 0.316 e. The second-order valence-electron chi connectivity index (χ2n) is 6.12. The van der Waals surface area contributed by atoms with E-state index in [9.17, 15) is 9.59 Å². The minimum absolute atomic E-state index is 0.0483. The molecule has 26 heavy (non-hydrogen) atoms. The van der Waals surface area contributed by atoms with Crippen molar-refractivity contribution in [2.75, 3.05) is 5.75 Å². The maximum absolute atomic E-state index is 12.5. The zero-order valence-corrected chi connectivity index (χ0v) is 16.6. The lowest BCUT2D eigenvalue weighted by molar-refractivity contribution is -0.141. The van der Waals surface area contributed by atoms with Crippen molar-refractivity contribution >= 4 is 45.4 Å². The predicted octanol–water partition coefficient (Wildman–Crippen LogP) is 3.67. The lowest BCUT2D eigenvalue weighted by atomic mass is 10.0. The second kappa shape index (κ2) is 7.94. The number of thiophene rings is 1. The maximum atomic E-state index is 12.5. The first-order valence-corrected chi connectivity index (χ1v) is 11.3. The van der Waals surface area contributed by atoms with Crippen molar-refractivity contribution in [2.24, 2.45) is 0 Å². The Morgan fingerprint density at radius 3 is 3.08 bits per heavy atom. The molecule has 0 spiro atoms. The highest BCUT2D eigenvalue weighted by Crippen LogP contribution is 2.28. The summed E-state index contributed by atoms with van der Waals surface area (Å²) in [5.41, 5.74) is 1.56. The molecule has 1 aliphatic carbocycles. The fraction of sp³-hybridized carbons (Fsp3) is 0.389. The molecule has 0 amide bonds. The highest BCUT2D eigenvalue weighted by molar-refractivity contribution is 7.99. The molecule has 0 unspecified atom stereocenters. The van der Waals surface area contributed by atoms with Crippen LogP contribution in [0, 0.1) is 0 Å². The van der Waals surface area contributed by atoms with Gasteiger partial charge in [0.15, 0.2) is 4.96 Å². The van der Waals surface area contributed by atoms with Crippen LogP contribution in [0.2, 0.25) is 0 Å². The van der Waals surface area contributed by atoms with E-state index >= 15 is 0 Å². The van der Waals surface area contributed by atoms with Gasteiger partial charge in [0.25, 0.3) is 5.56 Å². The standard InChI is InChI=1S/C18H18N2O3S3/c21-16-8-12(9-23-17(22)11-24-10-13-4-3-7-25-13)19-18-20(16)14-5-1-2-6-15(14)26-18/h3-4,7-8H,1-2,5-6,9-11H2. The van der Waals surface area contributed by atoms with Crippen LogP contribution in [0.3, 0.4) is 0 Å². The quantitative estimate of drug-likeness (QED) is 0.585. The number of hydrogen-bond acceptors (Lipinski definition) is 7. The Hall–Kier alpha value is -1.64. The molecule has 0 aromatic carbocycles. The number of thiazole rings is 1. The normalized spacial score (nSPS) is 13.7. The minimum atomic E-state index is -0.279. The molecular formula is C18H18N2O3S3. The van der Waals surface area contributed by atoms with Crippen molar-refractivity contribution in [3.63, 3.8) is 0 Å². The largest absolute Gasteiger partial charge is 0.459 e. The SMILES string of the molecule is O=C(CSCc1cccs1)OCc1cc(=O)n2c3c(sc2n1)CCCC3. The number of hydrogen-bond donors (Lipinski definition) is 0. The minimum Gasteiger partial charge on any atom is -0.459 e. The van der Waals surface area contributed by atoms with Crippen molar-refractivity contribution in [1.82, 2.24) is 9.38 Å². The highest BCUT2D eigenvalue weighted by Gasteiger charge is 2.18. The summed E-state index contributed by atoms with van der Waals surface area (Å²) in [6.45, 7) is 0.0483. The zero-order valence-electron chi connectivity index (χ0n) is 14.1. The number of ether oxygens (including phenoxy) is 1. The molecule has 0 radical (unpaired) electrons. The van der Waals surface area contributed by atoms with Crippen LogP contribution in [-0.2, 0) is 34.7 Å². The average Bonchev–Trinajstić information content (AvgIpc) is 3.27. The Morgan fingerprint density at radius 2 is 2.23 bits per heavy atom. The third-order valence-electron chi connectivity index (χ3n) is 4.24. The number of carbonyl (C=O) groups excluding carboxylic acids is 1. The molecule has 0 N–H and O–H groups in total. The van der Waals surface area contributed by atoms with Gasteiger partial charge in [0.2, 0.25) is 0 Å². The molecule has 3 aromatic rings. The van der Waals surface area contributed by atoms with Gasteiger partial charge in [-0.25, -0.2) is 4.98 Å². The molecule has 5 nitrogen and oxygen atoms in total. The fourth-order valence-corrected chi connectivity index (χ4v) is 5.93. The van der Waals surface area contributed by atoms with E-state index in [2.05, 4.69) is 11.1 Å². The molecule has 0 saturated heterocycles. The monoisotopic (exact) mass is 406 g/mol. The number of aryl methyl sites for hydroxylation is 2. The second-order valence-corrected chi connectivity index (χ2v) is 9.20. The Balaban J connectivity index is 1.38. The Kier molecular flexibility index (Phi) is 5.42. The van der Waals surface area contributed by atoms with Crippen LogP contribution in [0.4, 0.5) is 0 Å². The molecule has 1 aliphatic rings. The predicted molar refractivity (Wildman–Crippen MR) is 106 cm³/mol. The van der Waals surface area contributed by atoms with Crippen LogP contribution in [0.1, 0.15) is 34.0 Å². The zero-order chi connectivity index (χ0) is 17.9. The first-order valence-electron chi connectivity index (χ1n) is 8.49. The van der Waals surface area contributed by atoms with Gasteiger partial charge < -0.3 is 4.74 Å². The fourth-order valence-electron chi connectivity index (χ4n) is 3.04. The number of fused-ring (bicyclic) bond motifs is 3. The summed E-state index contributed by atoms with van der Waals surface area (Å²) in [5.74, 6) is 0.824. The first kappa shape index (κ1) is 17.8. The van der Waals surface area contributed by atoms with Gasteiger partial charge in [-0.2, -0.15) is 0 Å². The van der Waals surface area contributed by atoms with Gasteiger partial charge >= 0.3 is 5.97 Å². The van der Waals surface area contributed by atoms with Crippen molar-refractivity contribution in [1.29, 1.82) is 0 Å². The number of rotatable bonds is 6. The number of thioether (sulfide) groups is 1. The molecular weight excluding hydrogens is 388 g/mol. The van der Waals surface area contributed by atoms with E-state index in [0.717, 1.165) is 30.7 Å². The van der Waals surface area contributed by atoms with Crippen LogP contribution >= 0.6 is 34.4 Å². The van der Waals surface area contributed by atoms with E-state index in [4.69, 9.17) is 4.74 Å². The van der Waals surface area contributed by atoms with Gasteiger partial charge in [0, 0.05) is 27.3 Å². The summed E-state index contributed by atoms with van der Waals surface area (Å²) < 4.78 is 7.01. The lowest BCUT2D eigenvalue weighted by Crippen LogP contribution is -2.19. The molecule has 0 fully saturated rings. The van der Waals surface area contributed by atoms with Crippen LogP contribution in [0.5, 0.6) is 0 Å². The Bertz CT molecular complexity index is 976. The molecule has 0 aliphatic heterocycles. The van der Waals surface area contributed by atoms with Crippen molar-refractivity contribution in [3.05, 3.63) is 55.1 Å². The molecule has 4 rings (SSSR count). The van der Waals surface area contributed by atoms with E-state index in [1.165, 1.54) is 34.0 Å². The molecule has 136 valence electrons. The van der Waals surface area contributed by atoms with Crippen molar-refractivity contribution in [3.8, 4) is 0 Å². The number of aromatic nitrogens is 2. The van der Waals surface area contributed by atoms with Gasteiger partial charge in [0.05, 0.1) is 11.4 Å². The summed E-state index contributed by atoms with van der Waals surface area (Å²) in [6, 6.07) is 5.54. The van der Waals surface area contributed by atoms with Gasteiger partial charge in [0.1, 0.15) is 6.61 Å². The molecule has 3 heterocycles. The summed E-state index contributed by atoms with van der Waals surface area (Å²) in [7, 11) is 0. The van der Waals surface area contributed by atoms with E-state index in [1.54, 1.807) is 27.1 Å². The third-order valence-corrected chi connectivity index (χ3v) is 7.40. The van der Waals surface area contributed by atoms with E-state index in [0.29, 0.717) is 16.4 Å². The van der Waals surface area contributed by atoms with Crippen LogP contribution < -0.4 is 5.56 Å². The average molecular weight is 407 g/mol. The lowest BCUT2D eigenvalue weighted by Gasteiger charge is -2.10. The smallest absolute Gasteiger partial charge is 0.316 e. The molecule has 0 atom stereocenters. The van der Waals surface area contributed by atoms with Gasteiger partial charge in [-0.15, -0.1) is 34.4 Å². The van der Waals surface area contributed by atoms with Gasteiger partial charge in [-0.05, 0) is 37.1 Å². The van der Waals surface area contributed by atoms with Gasteiger partial charge in [-0.1, -0.05) is 6.07 Å². The van der Waals surface area contributed by atoms with Crippen molar-refractivity contribution in [2.45, 2.75) is 38.0 Å². The number of esters is 1. The van der Waals surface area contributed by atoms with Gasteiger partial charge in [-0.3, -0.25) is 14.0 Å². The first-order chi connectivity index (χ1) is 12.7. The number of carbonyl (C=O) groups is 1. The molecule has 0 saturated carbocycles. The van der Waals surface area contributed by atoms with Crippen LogP contribution in [0.15, 0.2) is 28.4 Å². The molecule has 8 heteroatoms. The number of nitrogens with zero attached hydrogens (tertiary/aromatic N) is 2. The third kappa shape index (κ3) is 3.87. The van der Waals surface area contributed by atoms with Crippen LogP contribution in [0.25, 0.3) is 4.96 Å². The van der Waals surface area contributed by atoms with Crippen molar-refractivity contribution < 1.29 is 9.53 Å². The summed E-state index contributed by atoms with van der Waals surface area (Å²) >= 11 is 4.79. The van der Waals surface area contributed by atoms with E-state index in [-0.39, 0.29) is 18.1 Å². The van der Waals surface area contributed by atoms with E-state index < -0.39 is 0 Å². The molecule has 3 aromatic heterocycles. The Morgan fingerprint density at radius 1 is 1.35 bits per heavy atom. The topological polar surface area (TPSA) is 60.7 Å². The summed E-state index contributed by atoms with van der Waals surface area (Å²) in [6.07, 6.45) is 4.25. The van der Waals surface area contributed by atoms with E-state index in [1.807, 2.05) is 11.4 Å². The Labute approximate surface area is 163 Å². The summed E-state index contributed by atoms with van der Waals surface area (Å²) in [4.78, 5) is 32.1. The van der Waals surface area contributed by atoms with Crippen LogP contribution in [-0.4, -0.2) is 21.1 Å². The summed E-state index contributed by atoms with van der Waals surface area (Å²) in [5, 5.41) is 2.02. The highest BCUT2D eigenvalue weighted by atomic mass is 32.2. The molecule has 0 bridgehead atoms.